The van der Waals surface area contributed by atoms with E-state index in [1.807, 2.05) is 23.1 Å². The minimum absolute atomic E-state index is 0.000406. The number of carbonyl (C=O) groups is 1. The molecule has 0 bridgehead atoms. The summed E-state index contributed by atoms with van der Waals surface area (Å²) in [7, 11) is 0. The normalized spacial score (nSPS) is 16.4. The van der Waals surface area contributed by atoms with E-state index < -0.39 is 11.6 Å². The molecule has 2 aromatic carbocycles. The Morgan fingerprint density at radius 3 is 2.87 bits per heavy atom. The van der Waals surface area contributed by atoms with Gasteiger partial charge >= 0.3 is 0 Å². The number of benzene rings is 2. The van der Waals surface area contributed by atoms with Crippen molar-refractivity contribution in [1.82, 2.24) is 14.5 Å². The number of imidazole rings is 1. The fourth-order valence-electron chi connectivity index (χ4n) is 4.16. The predicted molar refractivity (Wildman–Crippen MR) is 110 cm³/mol. The summed E-state index contributed by atoms with van der Waals surface area (Å²) in [6, 6.07) is 11.2. The first kappa shape index (κ1) is 20.3. The molecule has 158 valence electrons. The Morgan fingerprint density at radius 2 is 2.07 bits per heavy atom. The van der Waals surface area contributed by atoms with Crippen LogP contribution in [-0.2, 0) is 11.3 Å². The second kappa shape index (κ2) is 8.81. The Bertz CT molecular complexity index is 1050. The van der Waals surface area contributed by atoms with Crippen LogP contribution in [0.2, 0.25) is 0 Å². The third-order valence-corrected chi connectivity index (χ3v) is 5.56. The molecule has 1 atom stereocenters. The van der Waals surface area contributed by atoms with E-state index in [4.69, 9.17) is 9.72 Å². The van der Waals surface area contributed by atoms with Gasteiger partial charge in [0.05, 0.1) is 23.7 Å². The van der Waals surface area contributed by atoms with Gasteiger partial charge in [-0.3, -0.25) is 4.79 Å². The Kier molecular flexibility index (Phi) is 5.97. The van der Waals surface area contributed by atoms with E-state index in [0.29, 0.717) is 19.4 Å². The summed E-state index contributed by atoms with van der Waals surface area (Å²) < 4.78 is 34.1. The van der Waals surface area contributed by atoms with Crippen molar-refractivity contribution in [3.05, 3.63) is 59.9 Å². The Balaban J connectivity index is 1.39. The molecule has 0 radical (unpaired) electrons. The number of nitrogens with zero attached hydrogens (tertiary/aromatic N) is 3. The molecule has 0 N–H and O–H groups in total. The topological polar surface area (TPSA) is 47.4 Å². The van der Waals surface area contributed by atoms with Gasteiger partial charge in [0.25, 0.3) is 0 Å². The van der Waals surface area contributed by atoms with Gasteiger partial charge in [0, 0.05) is 25.6 Å². The molecule has 30 heavy (non-hydrogen) atoms. The second-order valence-corrected chi connectivity index (χ2v) is 7.47. The summed E-state index contributed by atoms with van der Waals surface area (Å²) in [5.74, 6) is -0.392. The van der Waals surface area contributed by atoms with Crippen LogP contribution in [0.3, 0.4) is 0 Å². The van der Waals surface area contributed by atoms with Gasteiger partial charge < -0.3 is 14.2 Å². The van der Waals surface area contributed by atoms with E-state index in [-0.39, 0.29) is 24.3 Å². The number of carbonyl (C=O) groups excluding carboxylic acids is 1. The zero-order valence-electron chi connectivity index (χ0n) is 17.0. The van der Waals surface area contributed by atoms with Crippen molar-refractivity contribution >= 4 is 16.9 Å². The van der Waals surface area contributed by atoms with Gasteiger partial charge in [-0.15, -0.1) is 0 Å². The van der Waals surface area contributed by atoms with Crippen LogP contribution in [0.4, 0.5) is 8.78 Å². The first-order chi connectivity index (χ1) is 14.6. The van der Waals surface area contributed by atoms with Crippen molar-refractivity contribution in [3.8, 4) is 5.75 Å². The lowest BCUT2D eigenvalue weighted by molar-refractivity contribution is -0.132. The van der Waals surface area contributed by atoms with E-state index in [1.165, 1.54) is 6.07 Å². The number of ether oxygens (including phenoxy) is 1. The molecular formula is C23H25F2N3O2. The molecule has 4 rings (SSSR count). The number of rotatable bonds is 7. The zero-order valence-corrected chi connectivity index (χ0v) is 17.0. The van der Waals surface area contributed by atoms with Crippen molar-refractivity contribution in [2.24, 2.45) is 0 Å². The van der Waals surface area contributed by atoms with E-state index in [2.05, 4.69) is 17.6 Å². The van der Waals surface area contributed by atoms with Gasteiger partial charge in [0.15, 0.2) is 11.6 Å². The van der Waals surface area contributed by atoms with Crippen LogP contribution in [-0.4, -0.2) is 33.5 Å². The molecule has 1 aromatic heterocycles. The van der Waals surface area contributed by atoms with Gasteiger partial charge in [-0.25, -0.2) is 13.8 Å². The number of fused-ring (bicyclic) bond motifs is 1. The Labute approximate surface area is 174 Å². The lowest BCUT2D eigenvalue weighted by Crippen LogP contribution is -2.32. The third-order valence-electron chi connectivity index (χ3n) is 5.56. The Morgan fingerprint density at radius 1 is 1.23 bits per heavy atom. The van der Waals surface area contributed by atoms with Gasteiger partial charge in [-0.1, -0.05) is 12.1 Å². The summed E-state index contributed by atoms with van der Waals surface area (Å²) in [6.45, 7) is 3.79. The average molecular weight is 413 g/mol. The van der Waals surface area contributed by atoms with E-state index >= 15 is 0 Å². The maximum Gasteiger partial charge on any atom is 0.223 e. The number of amides is 1. The van der Waals surface area contributed by atoms with Crippen LogP contribution in [0.15, 0.2) is 42.5 Å². The molecule has 1 aliphatic heterocycles. The molecule has 3 aromatic rings. The van der Waals surface area contributed by atoms with Crippen molar-refractivity contribution in [3.63, 3.8) is 0 Å². The number of halogens is 2. The monoisotopic (exact) mass is 413 g/mol. The molecule has 1 fully saturated rings. The van der Waals surface area contributed by atoms with Gasteiger partial charge in [0.2, 0.25) is 5.91 Å². The van der Waals surface area contributed by atoms with Crippen molar-refractivity contribution in [2.75, 3.05) is 13.2 Å². The molecule has 2 heterocycles. The first-order valence-electron chi connectivity index (χ1n) is 10.4. The Hall–Kier alpha value is -2.96. The number of para-hydroxylation sites is 2. The van der Waals surface area contributed by atoms with Gasteiger partial charge in [0.1, 0.15) is 11.6 Å². The fourth-order valence-corrected chi connectivity index (χ4v) is 4.16. The summed E-state index contributed by atoms with van der Waals surface area (Å²) in [4.78, 5) is 19.6. The lowest BCUT2D eigenvalue weighted by atomic mass is 10.2. The first-order valence-corrected chi connectivity index (χ1v) is 10.4. The molecule has 0 aliphatic carbocycles. The number of hydrogen-bond donors (Lipinski definition) is 0. The molecule has 0 saturated carbocycles. The van der Waals surface area contributed by atoms with Crippen LogP contribution < -0.4 is 4.74 Å². The molecule has 7 heteroatoms. The minimum Gasteiger partial charge on any atom is -0.491 e. The number of aromatic nitrogens is 2. The zero-order chi connectivity index (χ0) is 21.1. The standard InChI is InChI=1S/C23H25F2N3O2/c1-2-27-19-8-4-3-7-18(19)26-23(27)20-9-5-13-28(20)22(29)10-6-14-30-21-12-11-16(24)15-17(21)25/h3-4,7-8,11-12,15,20H,2,5-6,9-10,13-14H2,1H3. The molecular weight excluding hydrogens is 388 g/mol. The summed E-state index contributed by atoms with van der Waals surface area (Å²) in [5.41, 5.74) is 2.03. The van der Waals surface area contributed by atoms with Crippen LogP contribution >= 0.6 is 0 Å². The predicted octanol–water partition coefficient (Wildman–Crippen LogP) is 4.86. The van der Waals surface area contributed by atoms with Crippen LogP contribution in [0.1, 0.15) is 44.5 Å². The molecule has 1 saturated heterocycles. The maximum absolute atomic E-state index is 13.6. The fraction of sp³-hybridized carbons (Fsp3) is 0.391. The number of hydrogen-bond acceptors (Lipinski definition) is 3. The maximum atomic E-state index is 13.6. The second-order valence-electron chi connectivity index (χ2n) is 7.47. The molecule has 0 spiro atoms. The summed E-state index contributed by atoms with van der Waals surface area (Å²) in [5, 5.41) is 0. The molecule has 1 amide bonds. The van der Waals surface area contributed by atoms with Gasteiger partial charge in [-0.2, -0.15) is 0 Å². The van der Waals surface area contributed by atoms with Crippen molar-refractivity contribution in [1.29, 1.82) is 0 Å². The van der Waals surface area contributed by atoms with E-state index in [1.54, 1.807) is 0 Å². The van der Waals surface area contributed by atoms with Crippen LogP contribution in [0, 0.1) is 11.6 Å². The number of aryl methyl sites for hydroxylation is 1. The SMILES string of the molecule is CCn1c(C2CCCN2C(=O)CCCOc2ccc(F)cc2F)nc2ccccc21. The summed E-state index contributed by atoms with van der Waals surface area (Å²) >= 11 is 0. The van der Waals surface area contributed by atoms with Crippen LogP contribution in [0.5, 0.6) is 5.75 Å². The highest BCUT2D eigenvalue weighted by Crippen LogP contribution is 2.34. The smallest absolute Gasteiger partial charge is 0.223 e. The van der Waals surface area contributed by atoms with E-state index in [0.717, 1.165) is 48.4 Å². The van der Waals surface area contributed by atoms with Crippen molar-refractivity contribution < 1.29 is 18.3 Å². The highest BCUT2D eigenvalue weighted by atomic mass is 19.1. The third kappa shape index (κ3) is 4.01. The highest BCUT2D eigenvalue weighted by Gasteiger charge is 2.33. The van der Waals surface area contributed by atoms with Gasteiger partial charge in [-0.05, 0) is 50.5 Å². The molecule has 1 aliphatic rings. The molecule has 1 unspecified atom stereocenters. The highest BCUT2D eigenvalue weighted by molar-refractivity contribution is 5.78. The number of likely N-dealkylation sites (tertiary alicyclic amines) is 1. The van der Waals surface area contributed by atoms with E-state index in [9.17, 15) is 13.6 Å². The van der Waals surface area contributed by atoms with Crippen LogP contribution in [0.25, 0.3) is 11.0 Å². The average Bonchev–Trinajstić information content (AvgIpc) is 3.36. The lowest BCUT2D eigenvalue weighted by Gasteiger charge is -2.25. The quantitative estimate of drug-likeness (QED) is 0.520. The summed E-state index contributed by atoms with van der Waals surface area (Å²) in [6.07, 6.45) is 2.61. The van der Waals surface area contributed by atoms with Crippen molar-refractivity contribution in [2.45, 2.75) is 45.2 Å². The molecule has 5 nitrogen and oxygen atoms in total. The largest absolute Gasteiger partial charge is 0.491 e. The minimum atomic E-state index is -0.737.